The average molecular weight is 298 g/mol. The minimum absolute atomic E-state index is 0.0884. The first-order chi connectivity index (χ1) is 9.65. The summed E-state index contributed by atoms with van der Waals surface area (Å²) in [5.74, 6) is 0.404. The number of ether oxygens (including phenoxy) is 1. The third-order valence-corrected chi connectivity index (χ3v) is 5.19. The lowest BCUT2D eigenvalue weighted by Crippen LogP contribution is -2.33. The fourth-order valence-corrected chi connectivity index (χ4v) is 3.55. The molecule has 0 spiro atoms. The number of anilines is 1. The number of aromatic nitrogens is 1. The molecule has 2 rings (SSSR count). The van der Waals surface area contributed by atoms with E-state index in [1.807, 2.05) is 0 Å². The van der Waals surface area contributed by atoms with Gasteiger partial charge < -0.3 is 14.7 Å². The van der Waals surface area contributed by atoms with Crippen LogP contribution in [0.4, 0.5) is 5.13 Å². The van der Waals surface area contributed by atoms with Gasteiger partial charge in [0, 0.05) is 20.2 Å². The molecule has 1 aromatic heterocycles. The number of likely N-dealkylation sites (N-methyl/N-ethyl adjacent to an activating group) is 1. The molecule has 2 atom stereocenters. The van der Waals surface area contributed by atoms with Crippen LogP contribution in [0.5, 0.6) is 0 Å². The molecule has 2 heterocycles. The molecule has 0 saturated carbocycles. The van der Waals surface area contributed by atoms with Gasteiger partial charge in [-0.1, -0.05) is 25.2 Å². The van der Waals surface area contributed by atoms with E-state index in [9.17, 15) is 5.11 Å². The van der Waals surface area contributed by atoms with Crippen LogP contribution in [0.25, 0.3) is 0 Å². The smallest absolute Gasteiger partial charge is 0.185 e. The molecule has 0 amide bonds. The van der Waals surface area contributed by atoms with Crippen molar-refractivity contribution in [2.45, 2.75) is 58.2 Å². The average Bonchev–Trinajstić information content (AvgIpc) is 2.92. The van der Waals surface area contributed by atoms with Crippen LogP contribution < -0.4 is 4.90 Å². The highest BCUT2D eigenvalue weighted by atomic mass is 32.1. The normalized spacial score (nSPS) is 20.9. The molecule has 4 nitrogen and oxygen atoms in total. The Morgan fingerprint density at radius 1 is 1.50 bits per heavy atom. The molecule has 0 aliphatic carbocycles. The van der Waals surface area contributed by atoms with Crippen molar-refractivity contribution in [3.05, 3.63) is 10.6 Å². The van der Waals surface area contributed by atoms with Crippen molar-refractivity contribution in [2.75, 3.05) is 25.1 Å². The Labute approximate surface area is 125 Å². The first-order valence-electron chi connectivity index (χ1n) is 7.58. The van der Waals surface area contributed by atoms with Gasteiger partial charge in [-0.3, -0.25) is 0 Å². The number of thiazole rings is 1. The largest absolute Gasteiger partial charge is 0.391 e. The molecule has 1 fully saturated rings. The monoisotopic (exact) mass is 298 g/mol. The van der Waals surface area contributed by atoms with Crippen molar-refractivity contribution < 1.29 is 9.84 Å². The minimum atomic E-state index is 0.0884. The van der Waals surface area contributed by atoms with E-state index in [4.69, 9.17) is 9.72 Å². The summed E-state index contributed by atoms with van der Waals surface area (Å²) in [6, 6.07) is 0. The zero-order valence-electron chi connectivity index (χ0n) is 12.8. The minimum Gasteiger partial charge on any atom is -0.391 e. The van der Waals surface area contributed by atoms with Gasteiger partial charge in [0.05, 0.1) is 23.3 Å². The molecule has 0 aromatic carbocycles. The van der Waals surface area contributed by atoms with E-state index in [0.717, 1.165) is 41.7 Å². The first-order valence-corrected chi connectivity index (χ1v) is 8.40. The molecule has 2 unspecified atom stereocenters. The summed E-state index contributed by atoms with van der Waals surface area (Å²) in [5.41, 5.74) is 1.06. The SMILES string of the molecule is CCC(C)c1nc(N(C)CC2CCCCO2)sc1CO. The Morgan fingerprint density at radius 3 is 2.90 bits per heavy atom. The lowest BCUT2D eigenvalue weighted by molar-refractivity contribution is 0.0216. The standard InChI is InChI=1S/C15H26N2O2S/c1-4-11(2)14-13(10-18)20-15(16-14)17(3)9-12-7-5-6-8-19-12/h11-12,18H,4-10H2,1-3H3. The van der Waals surface area contributed by atoms with Crippen molar-refractivity contribution in [2.24, 2.45) is 0 Å². The van der Waals surface area contributed by atoms with Gasteiger partial charge in [0.15, 0.2) is 5.13 Å². The van der Waals surface area contributed by atoms with Gasteiger partial charge >= 0.3 is 0 Å². The Morgan fingerprint density at radius 2 is 2.30 bits per heavy atom. The van der Waals surface area contributed by atoms with Gasteiger partial charge in [-0.05, 0) is 31.6 Å². The molecule has 1 N–H and O–H groups in total. The van der Waals surface area contributed by atoms with Gasteiger partial charge in [0.2, 0.25) is 0 Å². The maximum absolute atomic E-state index is 9.51. The Kier molecular flexibility index (Phi) is 5.81. The van der Waals surface area contributed by atoms with Gasteiger partial charge in [-0.2, -0.15) is 0 Å². The molecule has 1 aromatic rings. The van der Waals surface area contributed by atoms with Crippen LogP contribution >= 0.6 is 11.3 Å². The zero-order valence-corrected chi connectivity index (χ0v) is 13.6. The topological polar surface area (TPSA) is 45.6 Å². The Hall–Kier alpha value is -0.650. The predicted octanol–water partition coefficient (Wildman–Crippen LogP) is 3.15. The second kappa shape index (κ2) is 7.38. The van der Waals surface area contributed by atoms with E-state index in [2.05, 4.69) is 25.8 Å². The molecule has 1 saturated heterocycles. The fraction of sp³-hybridized carbons (Fsp3) is 0.800. The fourth-order valence-electron chi connectivity index (χ4n) is 2.54. The van der Waals surface area contributed by atoms with Gasteiger partial charge in [0.25, 0.3) is 0 Å². The van der Waals surface area contributed by atoms with Crippen molar-refractivity contribution in [3.8, 4) is 0 Å². The number of hydrogen-bond donors (Lipinski definition) is 1. The molecule has 5 heteroatoms. The second-order valence-electron chi connectivity index (χ2n) is 5.64. The highest BCUT2D eigenvalue weighted by molar-refractivity contribution is 7.15. The van der Waals surface area contributed by atoms with Crippen LogP contribution in [0.1, 0.15) is 56.0 Å². The molecule has 1 aliphatic rings. The molecule has 0 radical (unpaired) electrons. The van der Waals surface area contributed by atoms with E-state index in [-0.39, 0.29) is 6.61 Å². The number of hydrogen-bond acceptors (Lipinski definition) is 5. The molecule has 0 bridgehead atoms. The van der Waals surface area contributed by atoms with Crippen LogP contribution in [0, 0.1) is 0 Å². The van der Waals surface area contributed by atoms with Gasteiger partial charge in [-0.25, -0.2) is 4.98 Å². The van der Waals surface area contributed by atoms with Crippen molar-refractivity contribution in [1.29, 1.82) is 0 Å². The zero-order chi connectivity index (χ0) is 14.5. The molecule has 1 aliphatic heterocycles. The summed E-state index contributed by atoms with van der Waals surface area (Å²) in [7, 11) is 2.07. The summed E-state index contributed by atoms with van der Waals surface area (Å²) in [4.78, 5) is 7.92. The third kappa shape index (κ3) is 3.71. The number of aliphatic hydroxyl groups excluding tert-OH is 1. The highest BCUT2D eigenvalue weighted by Gasteiger charge is 2.21. The number of nitrogens with zero attached hydrogens (tertiary/aromatic N) is 2. The molecule has 20 heavy (non-hydrogen) atoms. The van der Waals surface area contributed by atoms with Crippen LogP contribution in [0.2, 0.25) is 0 Å². The summed E-state index contributed by atoms with van der Waals surface area (Å²) in [6.45, 7) is 6.19. The van der Waals surface area contributed by atoms with E-state index < -0.39 is 0 Å². The van der Waals surface area contributed by atoms with Gasteiger partial charge in [0.1, 0.15) is 0 Å². The molecule has 114 valence electrons. The lowest BCUT2D eigenvalue weighted by atomic mass is 10.0. The first kappa shape index (κ1) is 15.7. The Bertz CT molecular complexity index is 416. The molecular formula is C15H26N2O2S. The summed E-state index contributed by atoms with van der Waals surface area (Å²) >= 11 is 1.61. The van der Waals surface area contributed by atoms with E-state index in [0.29, 0.717) is 12.0 Å². The summed E-state index contributed by atoms with van der Waals surface area (Å²) < 4.78 is 5.79. The lowest BCUT2D eigenvalue weighted by Gasteiger charge is -2.27. The van der Waals surface area contributed by atoms with Crippen molar-refractivity contribution >= 4 is 16.5 Å². The van der Waals surface area contributed by atoms with E-state index in [1.165, 1.54) is 12.8 Å². The van der Waals surface area contributed by atoms with Crippen LogP contribution in [-0.2, 0) is 11.3 Å². The van der Waals surface area contributed by atoms with Crippen LogP contribution in [0.3, 0.4) is 0 Å². The maximum Gasteiger partial charge on any atom is 0.185 e. The third-order valence-electron chi connectivity index (χ3n) is 4.02. The quantitative estimate of drug-likeness (QED) is 0.876. The highest BCUT2D eigenvalue weighted by Crippen LogP contribution is 2.32. The summed E-state index contributed by atoms with van der Waals surface area (Å²) in [6.07, 6.45) is 4.95. The van der Waals surface area contributed by atoms with Crippen LogP contribution in [-0.4, -0.2) is 36.4 Å². The predicted molar refractivity (Wildman–Crippen MR) is 83.6 cm³/mol. The number of rotatable bonds is 6. The molecular weight excluding hydrogens is 272 g/mol. The second-order valence-corrected chi connectivity index (χ2v) is 6.70. The maximum atomic E-state index is 9.51. The van der Waals surface area contributed by atoms with Crippen molar-refractivity contribution in [3.63, 3.8) is 0 Å². The van der Waals surface area contributed by atoms with E-state index >= 15 is 0 Å². The van der Waals surface area contributed by atoms with Crippen LogP contribution in [0.15, 0.2) is 0 Å². The van der Waals surface area contributed by atoms with E-state index in [1.54, 1.807) is 11.3 Å². The number of aliphatic hydroxyl groups is 1. The Balaban J connectivity index is 2.05. The van der Waals surface area contributed by atoms with Gasteiger partial charge in [-0.15, -0.1) is 0 Å². The van der Waals surface area contributed by atoms with Crippen molar-refractivity contribution in [1.82, 2.24) is 4.98 Å². The summed E-state index contributed by atoms with van der Waals surface area (Å²) in [5, 5.41) is 10.5.